The molecular weight excluding hydrogens is 460 g/mol. The number of unbranched alkanes of at least 4 members (excludes halogenated alkanes) is 8. The Hall–Kier alpha value is -2.66. The summed E-state index contributed by atoms with van der Waals surface area (Å²) in [7, 11) is 0. The van der Waals surface area contributed by atoms with Gasteiger partial charge in [-0.25, -0.2) is 0 Å². The zero-order valence-electron chi connectivity index (χ0n) is 25.3. The molecule has 2 aromatic rings. The Labute approximate surface area is 233 Å². The van der Waals surface area contributed by atoms with Gasteiger partial charge in [-0.15, -0.1) is 4.79 Å². The molecule has 0 atom stereocenters. The number of hydrogen-bond donors (Lipinski definition) is 0. The molecule has 206 valence electrons. The van der Waals surface area contributed by atoms with Crippen molar-refractivity contribution >= 4 is 11.4 Å². The minimum atomic E-state index is 0.926. The maximum Gasteiger partial charge on any atom is 0.303 e. The Morgan fingerprint density at radius 3 is 1.66 bits per heavy atom. The van der Waals surface area contributed by atoms with Crippen molar-refractivity contribution < 1.29 is 4.79 Å². The fourth-order valence-electron chi connectivity index (χ4n) is 5.54. The van der Waals surface area contributed by atoms with E-state index in [-0.39, 0.29) is 0 Å². The van der Waals surface area contributed by atoms with E-state index in [0.29, 0.717) is 0 Å². The van der Waals surface area contributed by atoms with Crippen LogP contribution in [0, 0.1) is 13.8 Å². The van der Waals surface area contributed by atoms with Crippen LogP contribution in [0.2, 0.25) is 0 Å². The Kier molecular flexibility index (Phi) is 14.8. The highest BCUT2D eigenvalue weighted by Crippen LogP contribution is 2.35. The molecule has 0 spiro atoms. The molecule has 0 N–H and O–H groups in total. The lowest BCUT2D eigenvalue weighted by Crippen LogP contribution is -2.02. The number of rotatable bonds is 17. The molecule has 0 amide bonds. The van der Waals surface area contributed by atoms with Crippen molar-refractivity contribution in [3.05, 3.63) is 86.5 Å². The molecule has 0 saturated carbocycles. The third-order valence-electron chi connectivity index (χ3n) is 7.49. The van der Waals surface area contributed by atoms with E-state index in [2.05, 4.69) is 81.7 Å². The summed E-state index contributed by atoms with van der Waals surface area (Å²) in [5.74, 6) is 2.89. The standard InChI is InChI=1S/C36H52N2/c1-7-10-13-16-18-31-24-32(19-17-14-11-8-2)26-34(25-31)36(33-22-28(4)21-29(5)23-33)35(20-15-12-9-3)30(6)27-38-37/h21-26H,7-20H2,1-6H3. The van der Waals surface area contributed by atoms with E-state index >= 15 is 0 Å². The first-order valence-electron chi connectivity index (χ1n) is 15.3. The summed E-state index contributed by atoms with van der Waals surface area (Å²) in [6.07, 6.45) is 16.9. The summed E-state index contributed by atoms with van der Waals surface area (Å²) < 4.78 is 0. The van der Waals surface area contributed by atoms with E-state index in [1.807, 2.05) is 6.92 Å². The molecule has 2 nitrogen and oxygen atoms in total. The van der Waals surface area contributed by atoms with Gasteiger partial charge in [-0.3, -0.25) is 0 Å². The van der Waals surface area contributed by atoms with Crippen LogP contribution < -0.4 is 0 Å². The molecule has 0 aliphatic carbocycles. The summed E-state index contributed by atoms with van der Waals surface area (Å²) in [4.78, 5) is 3.32. The summed E-state index contributed by atoms with van der Waals surface area (Å²) >= 11 is 0. The van der Waals surface area contributed by atoms with E-state index in [9.17, 15) is 5.53 Å². The Bertz CT molecular complexity index is 1070. The van der Waals surface area contributed by atoms with Crippen LogP contribution in [0.1, 0.15) is 138 Å². The van der Waals surface area contributed by atoms with Crippen LogP contribution in [0.5, 0.6) is 0 Å². The van der Waals surface area contributed by atoms with Gasteiger partial charge >= 0.3 is 5.87 Å². The highest BCUT2D eigenvalue weighted by atomic mass is 14.8. The van der Waals surface area contributed by atoms with Gasteiger partial charge in [0.05, 0.1) is 5.57 Å². The van der Waals surface area contributed by atoms with Gasteiger partial charge in [0.1, 0.15) is 0 Å². The first kappa shape index (κ1) is 31.6. The fraction of sp³-hybridized carbons (Fsp3) is 0.556. The van der Waals surface area contributed by atoms with Crippen molar-refractivity contribution in [2.75, 3.05) is 0 Å². The fourth-order valence-corrected chi connectivity index (χ4v) is 5.54. The zero-order valence-corrected chi connectivity index (χ0v) is 25.3. The molecule has 0 saturated heterocycles. The van der Waals surface area contributed by atoms with Gasteiger partial charge in [0.25, 0.3) is 0 Å². The predicted octanol–water partition coefficient (Wildman–Crippen LogP) is 10.8. The predicted molar refractivity (Wildman–Crippen MR) is 166 cm³/mol. The molecule has 2 aromatic carbocycles. The lowest BCUT2D eigenvalue weighted by molar-refractivity contribution is 0.00753. The van der Waals surface area contributed by atoms with Crippen LogP contribution >= 0.6 is 0 Å². The van der Waals surface area contributed by atoms with Crippen LogP contribution in [0.4, 0.5) is 0 Å². The number of aryl methyl sites for hydroxylation is 4. The average Bonchev–Trinajstić information content (AvgIpc) is 2.88. The van der Waals surface area contributed by atoms with Gasteiger partial charge in [-0.1, -0.05) is 120 Å². The van der Waals surface area contributed by atoms with E-state index < -0.39 is 0 Å². The highest BCUT2D eigenvalue weighted by molar-refractivity contribution is 5.87. The molecular formula is C36H52N2. The van der Waals surface area contributed by atoms with Gasteiger partial charge in [-0.2, -0.15) is 0 Å². The molecule has 2 heteroatoms. The molecule has 0 aromatic heterocycles. The molecule has 0 heterocycles. The third kappa shape index (κ3) is 10.6. The second kappa shape index (κ2) is 17.8. The first-order valence-corrected chi connectivity index (χ1v) is 15.3. The minimum absolute atomic E-state index is 0.926. The van der Waals surface area contributed by atoms with Crippen molar-refractivity contribution in [1.82, 2.24) is 0 Å². The van der Waals surface area contributed by atoms with E-state index in [0.717, 1.165) is 31.3 Å². The molecule has 0 aliphatic heterocycles. The van der Waals surface area contributed by atoms with Gasteiger partial charge in [-0.05, 0) is 92.7 Å². The highest BCUT2D eigenvalue weighted by Gasteiger charge is 2.17. The molecule has 0 radical (unpaired) electrons. The Balaban J connectivity index is 2.75. The molecule has 38 heavy (non-hydrogen) atoms. The Morgan fingerprint density at radius 2 is 1.16 bits per heavy atom. The summed E-state index contributed by atoms with van der Waals surface area (Å²) in [5.41, 5.74) is 20.9. The van der Waals surface area contributed by atoms with Crippen molar-refractivity contribution in [3.63, 3.8) is 0 Å². The molecule has 0 aliphatic rings. The second-order valence-corrected chi connectivity index (χ2v) is 11.2. The van der Waals surface area contributed by atoms with Crippen molar-refractivity contribution in [3.8, 4) is 0 Å². The summed E-state index contributed by atoms with van der Waals surface area (Å²) in [5, 5.41) is 0. The zero-order chi connectivity index (χ0) is 27.8. The summed E-state index contributed by atoms with van der Waals surface area (Å²) in [6, 6.07) is 14.2. The molecule has 0 fully saturated rings. The van der Waals surface area contributed by atoms with Crippen molar-refractivity contribution in [2.45, 2.75) is 131 Å². The van der Waals surface area contributed by atoms with E-state index in [1.54, 1.807) is 0 Å². The first-order chi connectivity index (χ1) is 18.4. The maximum atomic E-state index is 9.41. The molecule has 2 rings (SSSR count). The van der Waals surface area contributed by atoms with Gasteiger partial charge in [0.15, 0.2) is 0 Å². The van der Waals surface area contributed by atoms with Gasteiger partial charge in [0.2, 0.25) is 0 Å². The normalized spacial score (nSPS) is 11.6. The van der Waals surface area contributed by atoms with Crippen LogP contribution in [0.25, 0.3) is 11.1 Å². The van der Waals surface area contributed by atoms with Crippen LogP contribution in [0.15, 0.2) is 47.5 Å². The maximum absolute atomic E-state index is 9.41. The van der Waals surface area contributed by atoms with Gasteiger partial charge < -0.3 is 5.53 Å². The average molecular weight is 513 g/mol. The lowest BCUT2D eigenvalue weighted by atomic mass is 9.84. The van der Waals surface area contributed by atoms with E-state index in [4.69, 9.17) is 0 Å². The van der Waals surface area contributed by atoms with Crippen molar-refractivity contribution in [2.24, 2.45) is 0 Å². The SMILES string of the molecule is CCCCCCc1cc(CCCCCC)cc(C(=C(CCCCC)C(C)=C=[N+]=[N-])c2cc(C)cc(C)c2)c1. The third-order valence-corrected chi connectivity index (χ3v) is 7.49. The van der Waals surface area contributed by atoms with Gasteiger partial charge in [0, 0.05) is 0 Å². The largest absolute Gasteiger partial charge is 0.348 e. The smallest absolute Gasteiger partial charge is 0.303 e. The number of allylic oxidation sites excluding steroid dienone is 2. The number of hydrogen-bond acceptors (Lipinski definition) is 0. The van der Waals surface area contributed by atoms with Crippen LogP contribution in [-0.4, -0.2) is 10.7 Å². The Morgan fingerprint density at radius 1 is 0.658 bits per heavy atom. The minimum Gasteiger partial charge on any atom is -0.348 e. The van der Waals surface area contributed by atoms with Crippen molar-refractivity contribution in [1.29, 1.82) is 0 Å². The monoisotopic (exact) mass is 512 g/mol. The quantitative estimate of drug-likeness (QED) is 0.0664. The number of nitrogens with zero attached hydrogens (tertiary/aromatic N) is 2. The van der Waals surface area contributed by atoms with Crippen LogP contribution in [-0.2, 0) is 12.8 Å². The van der Waals surface area contributed by atoms with Crippen LogP contribution in [0.3, 0.4) is 0 Å². The molecule has 0 unspecified atom stereocenters. The summed E-state index contributed by atoms with van der Waals surface area (Å²) in [6.45, 7) is 13.2. The number of benzene rings is 2. The topological polar surface area (TPSA) is 36.4 Å². The molecule has 0 bridgehead atoms. The lowest BCUT2D eigenvalue weighted by Gasteiger charge is -2.19. The van der Waals surface area contributed by atoms with E-state index in [1.165, 1.54) is 109 Å². The second-order valence-electron chi connectivity index (χ2n) is 11.2.